The number of allylic oxidation sites excluding steroid dienone is 1. The van der Waals surface area contributed by atoms with Gasteiger partial charge in [-0.3, -0.25) is 0 Å². The van der Waals surface area contributed by atoms with E-state index in [1.807, 2.05) is 19.1 Å². The number of hydrogen-bond donors (Lipinski definition) is 1. The topological polar surface area (TPSA) is 20.2 Å². The lowest BCUT2D eigenvalue weighted by molar-refractivity contribution is 0.108. The van der Waals surface area contributed by atoms with E-state index in [0.717, 1.165) is 5.92 Å². The Morgan fingerprint density at radius 1 is 1.42 bits per heavy atom. The van der Waals surface area contributed by atoms with Crippen molar-refractivity contribution in [1.82, 2.24) is 0 Å². The monoisotopic (exact) mass is 168 g/mol. The summed E-state index contributed by atoms with van der Waals surface area (Å²) in [4.78, 5) is 0. The highest BCUT2D eigenvalue weighted by atomic mass is 16.3. The smallest absolute Gasteiger partial charge is 0.0749 e. The fraction of sp³-hybridized carbons (Fsp3) is 0.818. The third-order valence-corrected chi connectivity index (χ3v) is 2.85. The fourth-order valence-corrected chi connectivity index (χ4v) is 2.15. The van der Waals surface area contributed by atoms with E-state index >= 15 is 0 Å². The average molecular weight is 168 g/mol. The van der Waals surface area contributed by atoms with Crippen LogP contribution in [0.1, 0.15) is 39.5 Å². The molecule has 0 heterocycles. The second-order valence-corrected chi connectivity index (χ2v) is 4.05. The van der Waals surface area contributed by atoms with Gasteiger partial charge in [-0.25, -0.2) is 0 Å². The summed E-state index contributed by atoms with van der Waals surface area (Å²) >= 11 is 0. The predicted molar refractivity (Wildman–Crippen MR) is 51.9 cm³/mol. The van der Waals surface area contributed by atoms with Gasteiger partial charge in [-0.15, -0.1) is 0 Å². The molecule has 0 radical (unpaired) electrons. The molecule has 0 amide bonds. The van der Waals surface area contributed by atoms with Crippen LogP contribution in [0.5, 0.6) is 0 Å². The first-order valence-corrected chi connectivity index (χ1v) is 5.05. The molecule has 0 bridgehead atoms. The third-order valence-electron chi connectivity index (χ3n) is 2.85. The Kier molecular flexibility index (Phi) is 3.80. The number of aliphatic hydroxyl groups is 1. The van der Waals surface area contributed by atoms with Gasteiger partial charge in [-0.05, 0) is 31.6 Å². The van der Waals surface area contributed by atoms with E-state index in [1.165, 1.54) is 25.7 Å². The molecule has 0 aliphatic heterocycles. The van der Waals surface area contributed by atoms with Gasteiger partial charge < -0.3 is 5.11 Å². The molecule has 0 saturated heterocycles. The van der Waals surface area contributed by atoms with Gasteiger partial charge in [0.15, 0.2) is 0 Å². The summed E-state index contributed by atoms with van der Waals surface area (Å²) in [5.74, 6) is 1.33. The summed E-state index contributed by atoms with van der Waals surface area (Å²) in [5, 5.41) is 9.70. The Bertz CT molecular complexity index is 151. The van der Waals surface area contributed by atoms with E-state index in [-0.39, 0.29) is 6.10 Å². The molecule has 1 N–H and O–H groups in total. The van der Waals surface area contributed by atoms with Crippen LogP contribution in [0.15, 0.2) is 12.2 Å². The van der Waals surface area contributed by atoms with Crippen molar-refractivity contribution in [3.05, 3.63) is 12.2 Å². The molecule has 70 valence electrons. The minimum atomic E-state index is -0.197. The van der Waals surface area contributed by atoms with Gasteiger partial charge in [0, 0.05) is 0 Å². The molecule has 0 aromatic heterocycles. The van der Waals surface area contributed by atoms with Gasteiger partial charge in [0.1, 0.15) is 0 Å². The highest BCUT2D eigenvalue weighted by Crippen LogP contribution is 2.30. The number of hydrogen-bond acceptors (Lipinski definition) is 1. The molecule has 0 spiro atoms. The Balaban J connectivity index is 2.39. The van der Waals surface area contributed by atoms with Crippen molar-refractivity contribution in [2.75, 3.05) is 0 Å². The summed E-state index contributed by atoms with van der Waals surface area (Å²) in [6.45, 7) is 4.25. The van der Waals surface area contributed by atoms with Crippen molar-refractivity contribution >= 4 is 0 Å². The zero-order valence-corrected chi connectivity index (χ0v) is 8.16. The zero-order valence-electron chi connectivity index (χ0n) is 8.16. The molecule has 1 saturated carbocycles. The third kappa shape index (κ3) is 2.63. The van der Waals surface area contributed by atoms with Gasteiger partial charge >= 0.3 is 0 Å². The minimum Gasteiger partial charge on any atom is -0.389 e. The maximum Gasteiger partial charge on any atom is 0.0749 e. The lowest BCUT2D eigenvalue weighted by atomic mass is 9.79. The first kappa shape index (κ1) is 9.79. The maximum absolute atomic E-state index is 9.70. The van der Waals surface area contributed by atoms with Crippen molar-refractivity contribution in [1.29, 1.82) is 0 Å². The molecule has 3 unspecified atom stereocenters. The van der Waals surface area contributed by atoms with Crippen LogP contribution >= 0.6 is 0 Å². The van der Waals surface area contributed by atoms with Gasteiger partial charge in [0.25, 0.3) is 0 Å². The summed E-state index contributed by atoms with van der Waals surface area (Å²) in [7, 11) is 0. The van der Waals surface area contributed by atoms with Crippen LogP contribution in [0, 0.1) is 11.8 Å². The lowest BCUT2D eigenvalue weighted by Crippen LogP contribution is -2.24. The number of rotatable bonds is 2. The molecule has 1 aliphatic rings. The minimum absolute atomic E-state index is 0.197. The highest BCUT2D eigenvalue weighted by molar-refractivity contribution is 4.91. The largest absolute Gasteiger partial charge is 0.389 e. The second-order valence-electron chi connectivity index (χ2n) is 4.05. The average Bonchev–Trinajstić information content (AvgIpc) is 2.05. The second kappa shape index (κ2) is 4.66. The molecule has 1 rings (SSSR count). The van der Waals surface area contributed by atoms with Gasteiger partial charge in [0.05, 0.1) is 6.10 Å². The molecule has 1 heteroatoms. The molecule has 1 fully saturated rings. The van der Waals surface area contributed by atoms with Crippen molar-refractivity contribution in [3.8, 4) is 0 Å². The van der Waals surface area contributed by atoms with E-state index in [4.69, 9.17) is 0 Å². The molecular formula is C11H20O. The summed E-state index contributed by atoms with van der Waals surface area (Å²) in [6.07, 6.45) is 8.71. The summed E-state index contributed by atoms with van der Waals surface area (Å²) in [6, 6.07) is 0. The van der Waals surface area contributed by atoms with E-state index < -0.39 is 0 Å². The zero-order chi connectivity index (χ0) is 8.97. The molecule has 12 heavy (non-hydrogen) atoms. The van der Waals surface area contributed by atoms with E-state index in [9.17, 15) is 5.11 Å². The van der Waals surface area contributed by atoms with Crippen LogP contribution in [-0.2, 0) is 0 Å². The van der Waals surface area contributed by atoms with Crippen LogP contribution < -0.4 is 0 Å². The summed E-state index contributed by atoms with van der Waals surface area (Å²) in [5.41, 5.74) is 0. The molecule has 3 atom stereocenters. The molecule has 1 aliphatic carbocycles. The van der Waals surface area contributed by atoms with Gasteiger partial charge in [-0.2, -0.15) is 0 Å². The molecular weight excluding hydrogens is 148 g/mol. The first-order valence-electron chi connectivity index (χ1n) is 5.05. The highest BCUT2D eigenvalue weighted by Gasteiger charge is 2.23. The van der Waals surface area contributed by atoms with Crippen molar-refractivity contribution in [2.45, 2.75) is 45.6 Å². The first-order chi connectivity index (χ1) is 5.74. The number of aliphatic hydroxyl groups excluding tert-OH is 1. The molecule has 0 aromatic rings. The normalized spacial score (nSPS) is 33.9. The molecule has 0 aromatic carbocycles. The van der Waals surface area contributed by atoms with E-state index in [2.05, 4.69) is 6.92 Å². The van der Waals surface area contributed by atoms with Gasteiger partial charge in [0.2, 0.25) is 0 Å². The van der Waals surface area contributed by atoms with E-state index in [1.54, 1.807) is 0 Å². The SMILES string of the molecule is C/C=C/C(O)C1CCCC(C)C1. The van der Waals surface area contributed by atoms with Crippen molar-refractivity contribution in [3.63, 3.8) is 0 Å². The lowest BCUT2D eigenvalue weighted by Gasteiger charge is -2.28. The van der Waals surface area contributed by atoms with Crippen LogP contribution in [0.2, 0.25) is 0 Å². The Morgan fingerprint density at radius 2 is 2.17 bits per heavy atom. The van der Waals surface area contributed by atoms with Gasteiger partial charge in [-0.1, -0.05) is 31.9 Å². The van der Waals surface area contributed by atoms with Crippen molar-refractivity contribution < 1.29 is 5.11 Å². The van der Waals surface area contributed by atoms with Crippen LogP contribution in [0.25, 0.3) is 0 Å². The Morgan fingerprint density at radius 3 is 2.75 bits per heavy atom. The standard InChI is InChI=1S/C11H20O/c1-3-5-11(12)10-7-4-6-9(2)8-10/h3,5,9-12H,4,6-8H2,1-2H3/b5-3+. The van der Waals surface area contributed by atoms with Crippen LogP contribution in [0.4, 0.5) is 0 Å². The van der Waals surface area contributed by atoms with E-state index in [0.29, 0.717) is 5.92 Å². The molecule has 1 nitrogen and oxygen atoms in total. The predicted octanol–water partition coefficient (Wildman–Crippen LogP) is 2.75. The van der Waals surface area contributed by atoms with Crippen LogP contribution in [-0.4, -0.2) is 11.2 Å². The quantitative estimate of drug-likeness (QED) is 0.629. The summed E-state index contributed by atoms with van der Waals surface area (Å²) < 4.78 is 0. The fourth-order valence-electron chi connectivity index (χ4n) is 2.15. The Labute approximate surface area is 75.5 Å². The Hall–Kier alpha value is -0.300. The van der Waals surface area contributed by atoms with Crippen molar-refractivity contribution in [2.24, 2.45) is 11.8 Å². The maximum atomic E-state index is 9.70. The van der Waals surface area contributed by atoms with Crippen LogP contribution in [0.3, 0.4) is 0 Å².